The number of rotatable bonds is 2. The van der Waals surface area contributed by atoms with E-state index in [1.807, 2.05) is 48.5 Å². The third kappa shape index (κ3) is 3.30. The van der Waals surface area contributed by atoms with Gasteiger partial charge in [0.25, 0.3) is 0 Å². The SMILES string of the molecule is ClC(Cl)(Cl)c1nc(Oc2ccccc2Br)c2ccccc2n1. The van der Waals surface area contributed by atoms with E-state index >= 15 is 0 Å². The molecule has 0 unspecified atom stereocenters. The first-order valence-electron chi connectivity index (χ1n) is 6.21. The lowest BCUT2D eigenvalue weighted by Crippen LogP contribution is -2.08. The molecule has 0 amide bonds. The van der Waals surface area contributed by atoms with E-state index in [-0.39, 0.29) is 5.82 Å². The number of alkyl halides is 3. The standard InChI is InChI=1S/C15H8BrCl3N2O/c16-10-6-2-4-8-12(10)22-13-9-5-1-3-7-11(9)20-14(21-13)15(17,18)19/h1-8H. The van der Waals surface area contributed by atoms with Gasteiger partial charge in [0.1, 0.15) is 5.75 Å². The Hall–Kier alpha value is -1.07. The van der Waals surface area contributed by atoms with Crippen LogP contribution in [0.1, 0.15) is 5.82 Å². The van der Waals surface area contributed by atoms with Crippen LogP contribution in [0.4, 0.5) is 0 Å². The normalized spacial score (nSPS) is 11.6. The summed E-state index contributed by atoms with van der Waals surface area (Å²) in [6.07, 6.45) is 0. The van der Waals surface area contributed by atoms with E-state index in [0.717, 1.165) is 9.86 Å². The zero-order chi connectivity index (χ0) is 15.7. The molecule has 3 nitrogen and oxygen atoms in total. The lowest BCUT2D eigenvalue weighted by molar-refractivity contribution is 0.463. The number of nitrogens with zero attached hydrogens (tertiary/aromatic N) is 2. The van der Waals surface area contributed by atoms with Gasteiger partial charge in [-0.1, -0.05) is 59.1 Å². The molecule has 0 N–H and O–H groups in total. The number of aromatic nitrogens is 2. The Morgan fingerprint density at radius 2 is 1.59 bits per heavy atom. The molecule has 112 valence electrons. The molecular formula is C15H8BrCl3N2O. The Kier molecular flexibility index (Phi) is 4.46. The molecule has 0 saturated carbocycles. The Labute approximate surface area is 150 Å². The largest absolute Gasteiger partial charge is 0.437 e. The summed E-state index contributed by atoms with van der Waals surface area (Å²) in [5.74, 6) is 1.01. The van der Waals surface area contributed by atoms with Crippen LogP contribution in [-0.2, 0) is 3.79 Å². The predicted molar refractivity (Wildman–Crippen MR) is 93.0 cm³/mol. The van der Waals surface area contributed by atoms with E-state index in [0.29, 0.717) is 17.1 Å². The highest BCUT2D eigenvalue weighted by Gasteiger charge is 2.28. The zero-order valence-electron chi connectivity index (χ0n) is 10.9. The highest BCUT2D eigenvalue weighted by molar-refractivity contribution is 9.10. The Balaban J connectivity index is 2.17. The van der Waals surface area contributed by atoms with Crippen LogP contribution in [0.25, 0.3) is 10.9 Å². The lowest BCUT2D eigenvalue weighted by Gasteiger charge is -2.14. The molecule has 1 heterocycles. The first kappa shape index (κ1) is 15.8. The predicted octanol–water partition coefficient (Wildman–Crippen LogP) is 6.01. The molecule has 0 aliphatic rings. The molecular weight excluding hydrogens is 410 g/mol. The van der Waals surface area contributed by atoms with Crippen molar-refractivity contribution in [2.75, 3.05) is 0 Å². The van der Waals surface area contributed by atoms with E-state index in [9.17, 15) is 0 Å². The van der Waals surface area contributed by atoms with Gasteiger partial charge in [0.05, 0.1) is 15.4 Å². The van der Waals surface area contributed by atoms with Crippen LogP contribution in [0.5, 0.6) is 11.6 Å². The maximum atomic E-state index is 5.91. The molecule has 0 spiro atoms. The van der Waals surface area contributed by atoms with E-state index in [1.54, 1.807) is 0 Å². The highest BCUT2D eigenvalue weighted by Crippen LogP contribution is 2.39. The fraction of sp³-hybridized carbons (Fsp3) is 0.0667. The number of hydrogen-bond donors (Lipinski definition) is 0. The van der Waals surface area contributed by atoms with Crippen LogP contribution in [0.2, 0.25) is 0 Å². The number of halogens is 4. The van der Waals surface area contributed by atoms with E-state index < -0.39 is 3.79 Å². The van der Waals surface area contributed by atoms with Gasteiger partial charge >= 0.3 is 0 Å². The summed E-state index contributed by atoms with van der Waals surface area (Å²) < 4.78 is 4.96. The van der Waals surface area contributed by atoms with Crippen LogP contribution < -0.4 is 4.74 Å². The summed E-state index contributed by atoms with van der Waals surface area (Å²) in [5, 5.41) is 0.733. The van der Waals surface area contributed by atoms with Crippen molar-refractivity contribution in [1.82, 2.24) is 9.97 Å². The third-order valence-corrected chi connectivity index (χ3v) is 4.03. The van der Waals surface area contributed by atoms with Gasteiger partial charge in [-0.2, -0.15) is 4.98 Å². The molecule has 22 heavy (non-hydrogen) atoms. The molecule has 3 aromatic rings. The van der Waals surface area contributed by atoms with Crippen molar-refractivity contribution in [1.29, 1.82) is 0 Å². The topological polar surface area (TPSA) is 35.0 Å². The minimum Gasteiger partial charge on any atom is -0.437 e. The number of hydrogen-bond acceptors (Lipinski definition) is 3. The van der Waals surface area contributed by atoms with Gasteiger partial charge in [0, 0.05) is 0 Å². The minimum atomic E-state index is -1.73. The van der Waals surface area contributed by atoms with Gasteiger partial charge in [0.15, 0.2) is 5.82 Å². The molecule has 0 atom stereocenters. The molecule has 0 aliphatic carbocycles. The quantitative estimate of drug-likeness (QED) is 0.478. The van der Waals surface area contributed by atoms with Gasteiger partial charge < -0.3 is 4.74 Å². The first-order valence-corrected chi connectivity index (χ1v) is 8.14. The molecule has 2 aromatic carbocycles. The molecule has 1 aromatic heterocycles. The van der Waals surface area contributed by atoms with Crippen molar-refractivity contribution in [2.45, 2.75) is 3.79 Å². The van der Waals surface area contributed by atoms with Crippen molar-refractivity contribution in [3.8, 4) is 11.6 Å². The third-order valence-electron chi connectivity index (χ3n) is 2.87. The number of para-hydroxylation sites is 2. The second kappa shape index (κ2) is 6.20. The van der Waals surface area contributed by atoms with Crippen molar-refractivity contribution in [2.24, 2.45) is 0 Å². The van der Waals surface area contributed by atoms with Crippen molar-refractivity contribution in [3.05, 3.63) is 58.8 Å². The van der Waals surface area contributed by atoms with Crippen LogP contribution in [-0.4, -0.2) is 9.97 Å². The fourth-order valence-electron chi connectivity index (χ4n) is 1.88. The van der Waals surface area contributed by atoms with E-state index in [2.05, 4.69) is 25.9 Å². The average molecular weight is 419 g/mol. The van der Waals surface area contributed by atoms with Crippen LogP contribution in [0.3, 0.4) is 0 Å². The van der Waals surface area contributed by atoms with Gasteiger partial charge in [-0.3, -0.25) is 0 Å². The zero-order valence-corrected chi connectivity index (χ0v) is 14.8. The second-order valence-electron chi connectivity index (χ2n) is 4.40. The summed E-state index contributed by atoms with van der Waals surface area (Å²) >= 11 is 21.1. The summed E-state index contributed by atoms with van der Waals surface area (Å²) in [5.41, 5.74) is 0.640. The van der Waals surface area contributed by atoms with Gasteiger partial charge in [-0.05, 0) is 40.2 Å². The van der Waals surface area contributed by atoms with Gasteiger partial charge in [-0.15, -0.1) is 0 Å². The minimum absolute atomic E-state index is 0.0678. The van der Waals surface area contributed by atoms with Crippen molar-refractivity contribution < 1.29 is 4.74 Å². The Bertz CT molecular complexity index is 836. The monoisotopic (exact) mass is 416 g/mol. The van der Waals surface area contributed by atoms with Crippen LogP contribution in [0.15, 0.2) is 53.0 Å². The summed E-state index contributed by atoms with van der Waals surface area (Å²) in [7, 11) is 0. The number of ether oxygens (including phenoxy) is 1. The summed E-state index contributed by atoms with van der Waals surface area (Å²) in [4.78, 5) is 8.53. The maximum absolute atomic E-state index is 5.91. The van der Waals surface area contributed by atoms with Crippen molar-refractivity contribution >= 4 is 61.6 Å². The molecule has 0 bridgehead atoms. The number of fused-ring (bicyclic) bond motifs is 1. The molecule has 7 heteroatoms. The smallest absolute Gasteiger partial charge is 0.250 e. The lowest BCUT2D eigenvalue weighted by atomic mass is 10.2. The average Bonchev–Trinajstić information content (AvgIpc) is 2.48. The fourth-order valence-corrected chi connectivity index (χ4v) is 2.50. The number of benzene rings is 2. The maximum Gasteiger partial charge on any atom is 0.250 e. The second-order valence-corrected chi connectivity index (χ2v) is 7.54. The van der Waals surface area contributed by atoms with E-state index in [4.69, 9.17) is 39.5 Å². The van der Waals surface area contributed by atoms with E-state index in [1.165, 1.54) is 0 Å². The highest BCUT2D eigenvalue weighted by atomic mass is 79.9. The van der Waals surface area contributed by atoms with Gasteiger partial charge in [-0.25, -0.2) is 4.98 Å². The summed E-state index contributed by atoms with van der Waals surface area (Å²) in [6, 6.07) is 14.8. The molecule has 0 saturated heterocycles. The first-order chi connectivity index (χ1) is 10.4. The summed E-state index contributed by atoms with van der Waals surface area (Å²) in [6.45, 7) is 0. The molecule has 0 aliphatic heterocycles. The molecule has 3 rings (SSSR count). The molecule has 0 radical (unpaired) electrons. The van der Waals surface area contributed by atoms with Crippen LogP contribution >= 0.6 is 50.7 Å². The molecule has 0 fully saturated rings. The van der Waals surface area contributed by atoms with Gasteiger partial charge in [0.2, 0.25) is 9.67 Å². The Morgan fingerprint density at radius 1 is 0.909 bits per heavy atom. The van der Waals surface area contributed by atoms with Crippen molar-refractivity contribution in [3.63, 3.8) is 0 Å². The Morgan fingerprint density at radius 3 is 2.32 bits per heavy atom. The van der Waals surface area contributed by atoms with Crippen LogP contribution in [0, 0.1) is 0 Å².